The zero-order chi connectivity index (χ0) is 10.6. The molecule has 1 aliphatic carbocycles. The molecule has 1 atom stereocenters. The van der Waals surface area contributed by atoms with Gasteiger partial charge in [0, 0.05) is 25.2 Å². The molecule has 0 aromatic rings. The van der Waals surface area contributed by atoms with E-state index in [4.69, 9.17) is 4.74 Å². The van der Waals surface area contributed by atoms with Crippen molar-refractivity contribution >= 4 is 0 Å². The normalized spacial score (nSPS) is 21.2. The van der Waals surface area contributed by atoms with Crippen LogP contribution in [-0.4, -0.2) is 36.7 Å². The second kappa shape index (κ2) is 5.13. The van der Waals surface area contributed by atoms with Gasteiger partial charge in [-0.1, -0.05) is 13.3 Å². The van der Waals surface area contributed by atoms with Crippen LogP contribution in [0.25, 0.3) is 0 Å². The largest absolute Gasteiger partial charge is 0.383 e. The number of rotatable bonds is 7. The fraction of sp³-hybridized carbons (Fsp3) is 1.00. The molecule has 2 heteroatoms. The molecule has 14 heavy (non-hydrogen) atoms. The van der Waals surface area contributed by atoms with Crippen LogP contribution >= 0.6 is 0 Å². The number of hydrogen-bond acceptors (Lipinski definition) is 2. The Morgan fingerprint density at radius 1 is 1.43 bits per heavy atom. The number of nitrogens with zero attached hydrogens (tertiary/aromatic N) is 1. The molecule has 0 spiro atoms. The maximum atomic E-state index is 5.18. The second-order valence-corrected chi connectivity index (χ2v) is 4.82. The van der Waals surface area contributed by atoms with Crippen LogP contribution in [0.3, 0.4) is 0 Å². The SMILES string of the molecule is CCCC(C)N(CCOC)C1(C)CC1. The molecule has 1 unspecified atom stereocenters. The first-order valence-electron chi connectivity index (χ1n) is 5.89. The third-order valence-corrected chi connectivity index (χ3v) is 3.44. The average molecular weight is 199 g/mol. The molecule has 1 fully saturated rings. The molecule has 0 aromatic carbocycles. The van der Waals surface area contributed by atoms with E-state index in [0.29, 0.717) is 11.6 Å². The molecule has 2 nitrogen and oxygen atoms in total. The van der Waals surface area contributed by atoms with Crippen molar-refractivity contribution in [2.45, 2.75) is 58.0 Å². The molecular formula is C12H25NO. The minimum absolute atomic E-state index is 0.493. The molecule has 0 saturated heterocycles. The molecule has 0 heterocycles. The van der Waals surface area contributed by atoms with E-state index in [9.17, 15) is 0 Å². The molecule has 1 saturated carbocycles. The van der Waals surface area contributed by atoms with Gasteiger partial charge in [0.05, 0.1) is 6.61 Å². The molecule has 84 valence electrons. The van der Waals surface area contributed by atoms with Gasteiger partial charge >= 0.3 is 0 Å². The first-order valence-corrected chi connectivity index (χ1v) is 5.89. The molecule has 0 amide bonds. The van der Waals surface area contributed by atoms with Gasteiger partial charge in [0.25, 0.3) is 0 Å². The van der Waals surface area contributed by atoms with E-state index in [-0.39, 0.29) is 0 Å². The summed E-state index contributed by atoms with van der Waals surface area (Å²) in [5.74, 6) is 0. The van der Waals surface area contributed by atoms with Crippen molar-refractivity contribution in [2.75, 3.05) is 20.3 Å². The van der Waals surface area contributed by atoms with E-state index in [1.54, 1.807) is 7.11 Å². The highest BCUT2D eigenvalue weighted by atomic mass is 16.5. The predicted molar refractivity (Wildman–Crippen MR) is 60.6 cm³/mol. The fourth-order valence-corrected chi connectivity index (χ4v) is 2.25. The van der Waals surface area contributed by atoms with Gasteiger partial charge < -0.3 is 4.74 Å². The zero-order valence-electron chi connectivity index (χ0n) is 10.2. The quantitative estimate of drug-likeness (QED) is 0.625. The van der Waals surface area contributed by atoms with Crippen molar-refractivity contribution in [3.05, 3.63) is 0 Å². The van der Waals surface area contributed by atoms with Crippen molar-refractivity contribution in [1.82, 2.24) is 4.90 Å². The van der Waals surface area contributed by atoms with E-state index >= 15 is 0 Å². The monoisotopic (exact) mass is 199 g/mol. The van der Waals surface area contributed by atoms with Crippen molar-refractivity contribution in [3.8, 4) is 0 Å². The van der Waals surface area contributed by atoms with Crippen LogP contribution in [0.4, 0.5) is 0 Å². The van der Waals surface area contributed by atoms with E-state index in [0.717, 1.165) is 13.2 Å². The zero-order valence-corrected chi connectivity index (χ0v) is 10.2. The Labute approximate surface area is 88.6 Å². The van der Waals surface area contributed by atoms with E-state index in [2.05, 4.69) is 25.7 Å². The van der Waals surface area contributed by atoms with Crippen LogP contribution in [0, 0.1) is 0 Å². The first-order chi connectivity index (χ1) is 6.64. The lowest BCUT2D eigenvalue weighted by Crippen LogP contribution is -2.43. The average Bonchev–Trinajstić information content (AvgIpc) is 2.86. The van der Waals surface area contributed by atoms with Gasteiger partial charge in [-0.2, -0.15) is 0 Å². The highest BCUT2D eigenvalue weighted by molar-refractivity contribution is 5.01. The third-order valence-electron chi connectivity index (χ3n) is 3.44. The third kappa shape index (κ3) is 2.96. The summed E-state index contributed by atoms with van der Waals surface area (Å²) in [4.78, 5) is 2.64. The van der Waals surface area contributed by atoms with E-state index < -0.39 is 0 Å². The van der Waals surface area contributed by atoms with E-state index in [1.165, 1.54) is 25.7 Å². The lowest BCUT2D eigenvalue weighted by Gasteiger charge is -2.34. The Morgan fingerprint density at radius 3 is 2.50 bits per heavy atom. The summed E-state index contributed by atoms with van der Waals surface area (Å²) in [6.45, 7) is 8.95. The number of methoxy groups -OCH3 is 1. The standard InChI is InChI=1S/C12H25NO/c1-5-6-11(2)13(9-10-14-4)12(3)7-8-12/h11H,5-10H2,1-4H3. The molecule has 1 rings (SSSR count). The fourth-order valence-electron chi connectivity index (χ4n) is 2.25. The van der Waals surface area contributed by atoms with E-state index in [1.807, 2.05) is 0 Å². The molecule has 0 N–H and O–H groups in total. The van der Waals surface area contributed by atoms with Crippen LogP contribution in [0.5, 0.6) is 0 Å². The lowest BCUT2D eigenvalue weighted by molar-refractivity contribution is 0.0818. The van der Waals surface area contributed by atoms with Crippen LogP contribution in [-0.2, 0) is 4.74 Å². The van der Waals surface area contributed by atoms with Gasteiger partial charge in [0.1, 0.15) is 0 Å². The Balaban J connectivity index is 2.43. The number of hydrogen-bond donors (Lipinski definition) is 0. The molecule has 0 aromatic heterocycles. The van der Waals surface area contributed by atoms with Gasteiger partial charge in [-0.3, -0.25) is 4.90 Å². The molecule has 0 bridgehead atoms. The molecule has 1 aliphatic rings. The van der Waals surface area contributed by atoms with Gasteiger partial charge in [-0.25, -0.2) is 0 Å². The van der Waals surface area contributed by atoms with Gasteiger partial charge in [-0.05, 0) is 33.1 Å². The Morgan fingerprint density at radius 2 is 2.07 bits per heavy atom. The van der Waals surface area contributed by atoms with Crippen molar-refractivity contribution < 1.29 is 4.74 Å². The number of ether oxygens (including phenoxy) is 1. The van der Waals surface area contributed by atoms with Gasteiger partial charge in [0.15, 0.2) is 0 Å². The molecule has 0 radical (unpaired) electrons. The summed E-state index contributed by atoms with van der Waals surface area (Å²) >= 11 is 0. The smallest absolute Gasteiger partial charge is 0.0589 e. The Hall–Kier alpha value is -0.0800. The van der Waals surface area contributed by atoms with Crippen LogP contribution < -0.4 is 0 Å². The maximum Gasteiger partial charge on any atom is 0.0589 e. The van der Waals surface area contributed by atoms with Crippen LogP contribution in [0.2, 0.25) is 0 Å². The van der Waals surface area contributed by atoms with Gasteiger partial charge in [0.2, 0.25) is 0 Å². The van der Waals surface area contributed by atoms with Gasteiger partial charge in [-0.15, -0.1) is 0 Å². The lowest BCUT2D eigenvalue weighted by atomic mass is 10.1. The summed E-state index contributed by atoms with van der Waals surface area (Å²) in [7, 11) is 1.79. The maximum absolute atomic E-state index is 5.18. The summed E-state index contributed by atoms with van der Waals surface area (Å²) in [5.41, 5.74) is 0.493. The minimum atomic E-state index is 0.493. The summed E-state index contributed by atoms with van der Waals surface area (Å²) in [6, 6.07) is 0.711. The van der Waals surface area contributed by atoms with Crippen LogP contribution in [0.15, 0.2) is 0 Å². The summed E-state index contributed by atoms with van der Waals surface area (Å²) in [6.07, 6.45) is 5.32. The van der Waals surface area contributed by atoms with Crippen molar-refractivity contribution in [1.29, 1.82) is 0 Å². The van der Waals surface area contributed by atoms with Crippen molar-refractivity contribution in [2.24, 2.45) is 0 Å². The van der Waals surface area contributed by atoms with Crippen LogP contribution in [0.1, 0.15) is 46.5 Å². The highest BCUT2D eigenvalue weighted by Gasteiger charge is 2.44. The summed E-state index contributed by atoms with van der Waals surface area (Å²) in [5, 5.41) is 0. The Bertz CT molecular complexity index is 166. The van der Waals surface area contributed by atoms with Crippen molar-refractivity contribution in [3.63, 3.8) is 0 Å². The first kappa shape index (κ1) is 12.0. The molecule has 0 aliphatic heterocycles. The molecular weight excluding hydrogens is 174 g/mol. The predicted octanol–water partition coefficient (Wildman–Crippen LogP) is 2.68. The summed E-state index contributed by atoms with van der Waals surface area (Å²) < 4.78 is 5.18. The highest BCUT2D eigenvalue weighted by Crippen LogP contribution is 2.42. The Kier molecular flexibility index (Phi) is 4.39. The minimum Gasteiger partial charge on any atom is -0.383 e. The second-order valence-electron chi connectivity index (χ2n) is 4.82. The topological polar surface area (TPSA) is 12.5 Å².